The number of aromatic nitrogens is 3. The third kappa shape index (κ3) is 4.72. The Kier molecular flexibility index (Phi) is 6.68. The van der Waals surface area contributed by atoms with Crippen LogP contribution in [-0.4, -0.2) is 32.9 Å². The van der Waals surface area contributed by atoms with Crippen molar-refractivity contribution in [1.82, 2.24) is 14.5 Å². The number of ether oxygens (including phenoxy) is 1. The fraction of sp³-hybridized carbons (Fsp3) is 0.308. The van der Waals surface area contributed by atoms with E-state index in [1.807, 2.05) is 55.5 Å². The van der Waals surface area contributed by atoms with Crippen LogP contribution in [0.4, 0.5) is 0 Å². The minimum absolute atomic E-state index is 0.0193. The third-order valence-electron chi connectivity index (χ3n) is 5.76. The van der Waals surface area contributed by atoms with Gasteiger partial charge in [-0.3, -0.25) is 14.4 Å². The Morgan fingerprint density at radius 1 is 1.09 bits per heavy atom. The number of ketones is 1. The zero-order valence-electron chi connectivity index (χ0n) is 18.9. The van der Waals surface area contributed by atoms with E-state index < -0.39 is 5.97 Å². The summed E-state index contributed by atoms with van der Waals surface area (Å²) in [6, 6.07) is 15.0. The van der Waals surface area contributed by atoms with E-state index in [9.17, 15) is 14.4 Å². The monoisotopic (exact) mass is 445 g/mol. The fourth-order valence-electron chi connectivity index (χ4n) is 4.09. The molecule has 0 spiro atoms. The van der Waals surface area contributed by atoms with E-state index in [-0.39, 0.29) is 30.8 Å². The first-order valence-corrected chi connectivity index (χ1v) is 11.2. The number of fused-ring (bicyclic) bond motifs is 2. The lowest BCUT2D eigenvalue weighted by molar-refractivity contribution is -0.142. The first-order valence-electron chi connectivity index (χ1n) is 11.2. The smallest absolute Gasteiger partial charge is 0.306 e. The SMILES string of the molecule is CCCCn1c(=O)c(CCC(=O)OCC(=O)c2c(C)[nH]c3ccccc23)nc2ccccc21. The highest BCUT2D eigenvalue weighted by Gasteiger charge is 2.18. The number of aryl methyl sites for hydroxylation is 3. The molecule has 33 heavy (non-hydrogen) atoms. The normalized spacial score (nSPS) is 11.2. The van der Waals surface area contributed by atoms with Crippen LogP contribution in [0.3, 0.4) is 0 Å². The van der Waals surface area contributed by atoms with Crippen molar-refractivity contribution in [3.05, 3.63) is 75.8 Å². The van der Waals surface area contributed by atoms with Crippen LogP contribution >= 0.6 is 0 Å². The molecule has 170 valence electrons. The van der Waals surface area contributed by atoms with Gasteiger partial charge in [0.15, 0.2) is 6.61 Å². The van der Waals surface area contributed by atoms with E-state index >= 15 is 0 Å². The third-order valence-corrected chi connectivity index (χ3v) is 5.76. The second-order valence-corrected chi connectivity index (χ2v) is 8.11. The zero-order chi connectivity index (χ0) is 23.4. The summed E-state index contributed by atoms with van der Waals surface area (Å²) in [4.78, 5) is 45.7. The second-order valence-electron chi connectivity index (χ2n) is 8.11. The standard InChI is InChI=1S/C26H27N3O4/c1-3-4-15-29-22-12-8-7-11-20(22)28-21(26(29)32)13-14-24(31)33-16-23(30)25-17(2)27-19-10-6-5-9-18(19)25/h5-12,27H,3-4,13-16H2,1-2H3. The van der Waals surface area contributed by atoms with E-state index in [0.717, 1.165) is 40.5 Å². The number of H-pyrrole nitrogens is 1. The summed E-state index contributed by atoms with van der Waals surface area (Å²) in [5, 5.41) is 0.809. The van der Waals surface area contributed by atoms with Crippen LogP contribution < -0.4 is 5.56 Å². The van der Waals surface area contributed by atoms with Gasteiger partial charge >= 0.3 is 5.97 Å². The first kappa shape index (κ1) is 22.5. The van der Waals surface area contributed by atoms with Gasteiger partial charge in [-0.2, -0.15) is 0 Å². The summed E-state index contributed by atoms with van der Waals surface area (Å²) in [6.07, 6.45) is 1.99. The number of nitrogens with one attached hydrogen (secondary N) is 1. The van der Waals surface area contributed by atoms with Crippen molar-refractivity contribution in [2.45, 2.75) is 46.1 Å². The molecule has 2 aromatic carbocycles. The molecule has 0 bridgehead atoms. The maximum Gasteiger partial charge on any atom is 0.306 e. The Morgan fingerprint density at radius 2 is 1.85 bits per heavy atom. The van der Waals surface area contributed by atoms with Gasteiger partial charge in [0.05, 0.1) is 17.5 Å². The van der Waals surface area contributed by atoms with Crippen LogP contribution in [0.1, 0.15) is 47.9 Å². The van der Waals surface area contributed by atoms with Gasteiger partial charge in [-0.15, -0.1) is 0 Å². The molecule has 7 nitrogen and oxygen atoms in total. The molecule has 7 heteroatoms. The number of nitrogens with zero attached hydrogens (tertiary/aromatic N) is 2. The molecule has 2 heterocycles. The van der Waals surface area contributed by atoms with Gasteiger partial charge < -0.3 is 14.3 Å². The van der Waals surface area contributed by atoms with Gasteiger partial charge in [-0.1, -0.05) is 43.7 Å². The zero-order valence-corrected chi connectivity index (χ0v) is 18.9. The molecule has 4 aromatic rings. The summed E-state index contributed by atoms with van der Waals surface area (Å²) >= 11 is 0. The van der Waals surface area contributed by atoms with Crippen LogP contribution in [0, 0.1) is 6.92 Å². The number of esters is 1. The van der Waals surface area contributed by atoms with Crippen LogP contribution in [0.15, 0.2) is 53.3 Å². The van der Waals surface area contributed by atoms with E-state index in [0.29, 0.717) is 17.8 Å². The number of rotatable bonds is 9. The van der Waals surface area contributed by atoms with Crippen LogP contribution in [0.25, 0.3) is 21.9 Å². The molecular weight excluding hydrogens is 418 g/mol. The average Bonchev–Trinajstić information content (AvgIpc) is 3.16. The summed E-state index contributed by atoms with van der Waals surface area (Å²) in [5.74, 6) is -0.792. The molecule has 0 aliphatic rings. The molecule has 0 atom stereocenters. The molecule has 2 aromatic heterocycles. The van der Waals surface area contributed by atoms with Crippen molar-refractivity contribution < 1.29 is 14.3 Å². The van der Waals surface area contributed by atoms with Crippen molar-refractivity contribution in [2.24, 2.45) is 0 Å². The summed E-state index contributed by atoms with van der Waals surface area (Å²) < 4.78 is 6.97. The molecule has 0 aliphatic carbocycles. The lowest BCUT2D eigenvalue weighted by Crippen LogP contribution is -2.26. The lowest BCUT2D eigenvalue weighted by atomic mass is 10.1. The number of hydrogen-bond donors (Lipinski definition) is 1. The van der Waals surface area contributed by atoms with Crippen molar-refractivity contribution in [3.63, 3.8) is 0 Å². The highest BCUT2D eigenvalue weighted by Crippen LogP contribution is 2.22. The summed E-state index contributed by atoms with van der Waals surface area (Å²) in [7, 11) is 0. The van der Waals surface area contributed by atoms with E-state index in [2.05, 4.69) is 16.9 Å². The molecule has 1 N–H and O–H groups in total. The highest BCUT2D eigenvalue weighted by molar-refractivity contribution is 6.10. The predicted octanol–water partition coefficient (Wildman–Crippen LogP) is 4.35. The van der Waals surface area contributed by atoms with Crippen LogP contribution in [0.5, 0.6) is 0 Å². The second kappa shape index (κ2) is 9.81. The molecule has 0 saturated carbocycles. The van der Waals surface area contributed by atoms with E-state index in [4.69, 9.17) is 4.74 Å². The van der Waals surface area contributed by atoms with Gasteiger partial charge in [-0.05, 0) is 31.5 Å². The average molecular weight is 446 g/mol. The summed E-state index contributed by atoms with van der Waals surface area (Å²) in [6.45, 7) is 4.16. The molecule has 0 amide bonds. The Labute approximate surface area is 191 Å². The quantitative estimate of drug-likeness (QED) is 0.305. The van der Waals surface area contributed by atoms with Crippen molar-refractivity contribution in [1.29, 1.82) is 0 Å². The van der Waals surface area contributed by atoms with Crippen molar-refractivity contribution >= 4 is 33.7 Å². The highest BCUT2D eigenvalue weighted by atomic mass is 16.5. The Balaban J connectivity index is 1.43. The summed E-state index contributed by atoms with van der Waals surface area (Å²) in [5.41, 5.74) is 3.81. The Morgan fingerprint density at radius 3 is 2.67 bits per heavy atom. The van der Waals surface area contributed by atoms with Gasteiger partial charge in [-0.25, -0.2) is 4.98 Å². The largest absolute Gasteiger partial charge is 0.457 e. The number of carbonyl (C=O) groups is 2. The molecular formula is C26H27N3O4. The number of Topliss-reactive ketones (excluding diaryl/α,β-unsaturated/α-hetero) is 1. The minimum Gasteiger partial charge on any atom is -0.457 e. The van der Waals surface area contributed by atoms with E-state index in [1.165, 1.54) is 0 Å². The topological polar surface area (TPSA) is 94.0 Å². The van der Waals surface area contributed by atoms with Crippen LogP contribution in [0.2, 0.25) is 0 Å². The number of benzene rings is 2. The Bertz CT molecular complexity index is 1380. The number of hydrogen-bond acceptors (Lipinski definition) is 5. The van der Waals surface area contributed by atoms with Gasteiger partial charge in [0, 0.05) is 35.1 Å². The molecule has 4 rings (SSSR count). The van der Waals surface area contributed by atoms with Crippen molar-refractivity contribution in [2.75, 3.05) is 6.61 Å². The van der Waals surface area contributed by atoms with Gasteiger partial charge in [0.1, 0.15) is 5.69 Å². The van der Waals surface area contributed by atoms with Gasteiger partial charge in [0.2, 0.25) is 5.78 Å². The van der Waals surface area contributed by atoms with Crippen LogP contribution in [-0.2, 0) is 22.5 Å². The van der Waals surface area contributed by atoms with E-state index in [1.54, 1.807) is 4.57 Å². The molecule has 0 saturated heterocycles. The molecule has 0 fully saturated rings. The first-order chi connectivity index (χ1) is 16.0. The number of unbranched alkanes of at least 4 members (excludes halogenated alkanes) is 1. The minimum atomic E-state index is -0.532. The maximum atomic E-state index is 13.0. The Hall–Kier alpha value is -3.74. The molecule has 0 unspecified atom stereocenters. The van der Waals surface area contributed by atoms with Crippen molar-refractivity contribution in [3.8, 4) is 0 Å². The predicted molar refractivity (Wildman–Crippen MR) is 128 cm³/mol. The van der Waals surface area contributed by atoms with Gasteiger partial charge in [0.25, 0.3) is 5.56 Å². The number of para-hydroxylation sites is 3. The molecule has 0 radical (unpaired) electrons. The fourth-order valence-corrected chi connectivity index (χ4v) is 4.09. The maximum absolute atomic E-state index is 13.0. The molecule has 0 aliphatic heterocycles. The lowest BCUT2D eigenvalue weighted by Gasteiger charge is -2.12. The number of aromatic amines is 1. The number of carbonyl (C=O) groups excluding carboxylic acids is 2.